The topological polar surface area (TPSA) is 112 Å². The average molecular weight is 506 g/mol. The number of hydrogen-bond donors (Lipinski definition) is 1. The van der Waals surface area contributed by atoms with E-state index in [0.29, 0.717) is 0 Å². The van der Waals surface area contributed by atoms with E-state index in [-0.39, 0.29) is 51.0 Å². The highest BCUT2D eigenvalue weighted by molar-refractivity contribution is 6.39. The number of hydrogen-bond acceptors (Lipinski definition) is 7. The second-order valence-electron chi connectivity index (χ2n) is 7.10. The number of carbonyl (C=O) groups is 4. The van der Waals surface area contributed by atoms with Crippen molar-refractivity contribution in [3.05, 3.63) is 69.3 Å². The van der Waals surface area contributed by atoms with E-state index in [4.69, 9.17) is 37.4 Å². The Hall–Kier alpha value is -3.36. The standard InChI is InChI=1S/C24H21Cl2NO7/c1-4-32-22(30)24(34-13(3)28,23(31)33-5-2)19-18-16(26)11-15(25)12-17(18)27-20(19)21(29)14-9-7-6-8-10-14/h6-12,27H,4-5H2,1-3H3. The summed E-state index contributed by atoms with van der Waals surface area (Å²) in [5.41, 5.74) is -2.82. The predicted octanol–water partition coefficient (Wildman–Crippen LogP) is 4.59. The third-order valence-corrected chi connectivity index (χ3v) is 5.37. The molecule has 178 valence electrons. The van der Waals surface area contributed by atoms with Crippen molar-refractivity contribution in [2.24, 2.45) is 0 Å². The molecule has 0 aliphatic carbocycles. The monoisotopic (exact) mass is 505 g/mol. The molecular weight excluding hydrogens is 485 g/mol. The summed E-state index contributed by atoms with van der Waals surface area (Å²) in [7, 11) is 0. The van der Waals surface area contributed by atoms with Crippen LogP contribution in [-0.4, -0.2) is 41.9 Å². The third-order valence-electron chi connectivity index (χ3n) is 4.85. The Bertz CT molecular complexity index is 1250. The van der Waals surface area contributed by atoms with E-state index in [1.54, 1.807) is 30.3 Å². The van der Waals surface area contributed by atoms with Crippen LogP contribution in [0.15, 0.2) is 42.5 Å². The summed E-state index contributed by atoms with van der Waals surface area (Å²) < 4.78 is 15.7. The maximum atomic E-state index is 13.6. The van der Waals surface area contributed by atoms with Gasteiger partial charge in [-0.15, -0.1) is 0 Å². The lowest BCUT2D eigenvalue weighted by molar-refractivity contribution is -0.197. The first-order valence-electron chi connectivity index (χ1n) is 10.3. The van der Waals surface area contributed by atoms with Gasteiger partial charge >= 0.3 is 23.5 Å². The van der Waals surface area contributed by atoms with E-state index in [2.05, 4.69) is 4.98 Å². The number of rotatable bonds is 8. The van der Waals surface area contributed by atoms with E-state index in [1.807, 2.05) is 0 Å². The quantitative estimate of drug-likeness (QED) is 0.206. The van der Waals surface area contributed by atoms with Gasteiger partial charge in [0, 0.05) is 28.4 Å². The molecule has 1 heterocycles. The van der Waals surface area contributed by atoms with Gasteiger partial charge in [-0.05, 0) is 26.0 Å². The summed E-state index contributed by atoms with van der Waals surface area (Å²) in [6.45, 7) is 3.74. The number of nitrogens with one attached hydrogen (secondary N) is 1. The highest BCUT2D eigenvalue weighted by Gasteiger charge is 2.58. The number of benzene rings is 2. The highest BCUT2D eigenvalue weighted by atomic mass is 35.5. The van der Waals surface area contributed by atoms with Gasteiger partial charge in [0.15, 0.2) is 0 Å². The zero-order valence-electron chi connectivity index (χ0n) is 18.6. The molecule has 0 bridgehead atoms. The van der Waals surface area contributed by atoms with E-state index < -0.39 is 29.3 Å². The maximum absolute atomic E-state index is 13.6. The highest BCUT2D eigenvalue weighted by Crippen LogP contribution is 2.42. The summed E-state index contributed by atoms with van der Waals surface area (Å²) in [4.78, 5) is 55.4. The van der Waals surface area contributed by atoms with E-state index in [0.717, 1.165) is 6.92 Å². The number of aromatic nitrogens is 1. The van der Waals surface area contributed by atoms with Crippen LogP contribution in [-0.2, 0) is 34.2 Å². The maximum Gasteiger partial charge on any atom is 0.367 e. The number of ketones is 1. The lowest BCUT2D eigenvalue weighted by Gasteiger charge is -2.29. The van der Waals surface area contributed by atoms with Gasteiger partial charge < -0.3 is 19.2 Å². The Balaban J connectivity index is 2.50. The van der Waals surface area contributed by atoms with Gasteiger partial charge in [0.2, 0.25) is 5.78 Å². The second-order valence-corrected chi connectivity index (χ2v) is 7.94. The van der Waals surface area contributed by atoms with Crippen LogP contribution in [0.2, 0.25) is 10.0 Å². The summed E-state index contributed by atoms with van der Waals surface area (Å²) in [6.07, 6.45) is 0. The number of carbonyl (C=O) groups excluding carboxylic acids is 4. The van der Waals surface area contributed by atoms with E-state index >= 15 is 0 Å². The van der Waals surface area contributed by atoms with Crippen molar-refractivity contribution in [1.29, 1.82) is 0 Å². The first-order chi connectivity index (χ1) is 16.2. The van der Waals surface area contributed by atoms with Gasteiger partial charge in [-0.2, -0.15) is 0 Å². The smallest absolute Gasteiger partial charge is 0.367 e. The Labute approximate surface area is 205 Å². The van der Waals surface area contributed by atoms with E-state index in [9.17, 15) is 19.2 Å². The molecule has 0 fully saturated rings. The van der Waals surface area contributed by atoms with Gasteiger partial charge in [0.05, 0.1) is 29.5 Å². The Morgan fingerprint density at radius 3 is 2.06 bits per heavy atom. The zero-order valence-corrected chi connectivity index (χ0v) is 20.1. The van der Waals surface area contributed by atoms with Crippen molar-refractivity contribution in [1.82, 2.24) is 4.98 Å². The molecule has 34 heavy (non-hydrogen) atoms. The summed E-state index contributed by atoms with van der Waals surface area (Å²) >= 11 is 12.6. The minimum Gasteiger partial charge on any atom is -0.462 e. The summed E-state index contributed by atoms with van der Waals surface area (Å²) in [5, 5.41) is 0.313. The minimum absolute atomic E-state index is 0.00554. The van der Waals surface area contributed by atoms with Crippen LogP contribution in [0.5, 0.6) is 0 Å². The van der Waals surface area contributed by atoms with Crippen LogP contribution < -0.4 is 0 Å². The second kappa shape index (κ2) is 10.3. The largest absolute Gasteiger partial charge is 0.462 e. The molecule has 1 aromatic heterocycles. The molecule has 0 amide bonds. The molecule has 8 nitrogen and oxygen atoms in total. The normalized spacial score (nSPS) is 11.2. The average Bonchev–Trinajstić information content (AvgIpc) is 3.17. The van der Waals surface area contributed by atoms with Crippen LogP contribution in [0, 0.1) is 0 Å². The van der Waals surface area contributed by atoms with Crippen molar-refractivity contribution in [3.63, 3.8) is 0 Å². The molecule has 0 saturated heterocycles. The number of aromatic amines is 1. The predicted molar refractivity (Wildman–Crippen MR) is 125 cm³/mol. The van der Waals surface area contributed by atoms with Crippen LogP contribution in [0.4, 0.5) is 0 Å². The van der Waals surface area contributed by atoms with Crippen molar-refractivity contribution < 1.29 is 33.4 Å². The molecule has 0 unspecified atom stereocenters. The van der Waals surface area contributed by atoms with Crippen LogP contribution >= 0.6 is 23.2 Å². The number of ether oxygens (including phenoxy) is 3. The number of H-pyrrole nitrogens is 1. The van der Waals surface area contributed by atoms with Crippen molar-refractivity contribution >= 4 is 57.8 Å². The lowest BCUT2D eigenvalue weighted by Crippen LogP contribution is -2.50. The molecule has 1 N–H and O–H groups in total. The van der Waals surface area contributed by atoms with Crippen molar-refractivity contribution in [2.75, 3.05) is 13.2 Å². The molecule has 0 aliphatic rings. The van der Waals surface area contributed by atoms with Crippen molar-refractivity contribution in [3.8, 4) is 0 Å². The first-order valence-corrected chi connectivity index (χ1v) is 11.1. The van der Waals surface area contributed by atoms with Gasteiger partial charge in [0.1, 0.15) is 0 Å². The van der Waals surface area contributed by atoms with Crippen molar-refractivity contribution in [2.45, 2.75) is 26.4 Å². The summed E-state index contributed by atoms with van der Waals surface area (Å²) in [6, 6.07) is 10.9. The first kappa shape index (κ1) is 25.3. The molecule has 0 saturated carbocycles. The van der Waals surface area contributed by atoms with Crippen LogP contribution in [0.25, 0.3) is 10.9 Å². The van der Waals surface area contributed by atoms with Gasteiger partial charge in [-0.3, -0.25) is 9.59 Å². The fourth-order valence-corrected chi connectivity index (χ4v) is 4.20. The zero-order chi connectivity index (χ0) is 25.0. The molecule has 3 aromatic rings. The van der Waals surface area contributed by atoms with Gasteiger partial charge in [-0.1, -0.05) is 53.5 Å². The minimum atomic E-state index is -2.77. The van der Waals surface area contributed by atoms with Crippen LogP contribution in [0.3, 0.4) is 0 Å². The fourth-order valence-electron chi connectivity index (χ4n) is 3.61. The molecular formula is C24H21Cl2NO7. The SMILES string of the molecule is CCOC(=O)C(OC(C)=O)(C(=O)OCC)c1c(C(=O)c2ccccc2)[nH]c2cc(Cl)cc(Cl)c12. The molecule has 10 heteroatoms. The third kappa shape index (κ3) is 4.51. The summed E-state index contributed by atoms with van der Waals surface area (Å²) in [5.74, 6) is -4.06. The molecule has 3 rings (SSSR count). The van der Waals surface area contributed by atoms with E-state index in [1.165, 1.54) is 26.0 Å². The molecule has 0 spiro atoms. The molecule has 0 atom stereocenters. The fraction of sp³-hybridized carbons (Fsp3) is 0.250. The Morgan fingerprint density at radius 1 is 0.941 bits per heavy atom. The number of halogens is 2. The molecule has 0 aliphatic heterocycles. The molecule has 0 radical (unpaired) electrons. The van der Waals surface area contributed by atoms with Gasteiger partial charge in [-0.25, -0.2) is 9.59 Å². The van der Waals surface area contributed by atoms with Crippen LogP contribution in [0.1, 0.15) is 42.4 Å². The number of fused-ring (bicyclic) bond motifs is 1. The van der Waals surface area contributed by atoms with Gasteiger partial charge in [0.25, 0.3) is 0 Å². The lowest BCUT2D eigenvalue weighted by atomic mass is 9.88. The molecule has 2 aromatic carbocycles. The Kier molecular flexibility index (Phi) is 7.64. The number of esters is 3. The Morgan fingerprint density at radius 2 is 1.53 bits per heavy atom.